The SMILES string of the molecule is O=c1[nH]c2cc(-c3ccccc3Cl)sc2c(=O)n1-c1cncc2ccc(NC3CN(S(=O)(=O)Cc4ncc(-n5c(=O)[nH]c6cc(-c7ccccc7Cl)sc6c5=O)c5cc(N[C@H]6CNC(O)C6)ccc45)C3)cc12. The zero-order valence-corrected chi connectivity index (χ0v) is 41.3. The number of rotatable bonds is 11. The highest BCUT2D eigenvalue weighted by Gasteiger charge is 2.37. The Labute approximate surface area is 425 Å². The molecule has 0 aliphatic carbocycles. The van der Waals surface area contributed by atoms with E-state index in [1.807, 2.05) is 42.5 Å². The highest BCUT2D eigenvalue weighted by atomic mass is 35.5. The first-order valence-corrected chi connectivity index (χ1v) is 26.6. The van der Waals surface area contributed by atoms with Crippen LogP contribution >= 0.6 is 45.9 Å². The van der Waals surface area contributed by atoms with Crippen LogP contribution < -0.4 is 38.4 Å². The number of nitrogens with zero attached hydrogens (tertiary/aromatic N) is 5. The van der Waals surface area contributed by atoms with Crippen molar-refractivity contribution < 1.29 is 13.5 Å². The summed E-state index contributed by atoms with van der Waals surface area (Å²) in [7, 11) is -3.96. The van der Waals surface area contributed by atoms with Gasteiger partial charge in [0.05, 0.1) is 46.5 Å². The van der Waals surface area contributed by atoms with E-state index in [1.54, 1.807) is 60.8 Å². The molecule has 0 spiro atoms. The van der Waals surface area contributed by atoms with Gasteiger partial charge >= 0.3 is 11.4 Å². The summed E-state index contributed by atoms with van der Waals surface area (Å²) in [6, 6.07) is 28.2. The topological polar surface area (TPSA) is 229 Å². The number of pyridine rings is 2. The molecule has 1 unspecified atom stereocenters. The van der Waals surface area contributed by atoms with Gasteiger partial charge < -0.3 is 25.7 Å². The fourth-order valence-corrected chi connectivity index (χ4v) is 13.8. The molecule has 2 aliphatic rings. The maximum Gasteiger partial charge on any atom is 0.333 e. The van der Waals surface area contributed by atoms with Crippen LogP contribution in [0, 0.1) is 0 Å². The average molecular weight is 1060 g/mol. The number of aromatic amines is 2. The van der Waals surface area contributed by atoms with Crippen LogP contribution in [0.4, 0.5) is 11.4 Å². The largest absolute Gasteiger partial charge is 0.381 e. The summed E-state index contributed by atoms with van der Waals surface area (Å²) in [5, 5.41) is 23.0. The molecule has 2 aliphatic heterocycles. The Morgan fingerprint density at radius 2 is 1.25 bits per heavy atom. The van der Waals surface area contributed by atoms with E-state index >= 15 is 0 Å². The number of nitrogens with one attached hydrogen (secondary N) is 5. The monoisotopic (exact) mass is 1060 g/mol. The maximum absolute atomic E-state index is 14.3. The van der Waals surface area contributed by atoms with E-state index in [9.17, 15) is 32.7 Å². The van der Waals surface area contributed by atoms with E-state index in [2.05, 4.69) is 35.9 Å². The predicted octanol–water partition coefficient (Wildman–Crippen LogP) is 7.25. The minimum absolute atomic E-state index is 0.119. The zero-order valence-electron chi connectivity index (χ0n) is 37.4. The Kier molecular flexibility index (Phi) is 11.5. The fourth-order valence-electron chi connectivity index (χ4n) is 9.44. The molecular formula is C50H38Cl2N10O7S3. The lowest BCUT2D eigenvalue weighted by Gasteiger charge is -2.39. The van der Waals surface area contributed by atoms with Gasteiger partial charge in [-0.15, -0.1) is 22.7 Å². The average Bonchev–Trinajstić information content (AvgIpc) is 4.09. The molecule has 10 aromatic rings. The predicted molar refractivity (Wildman–Crippen MR) is 285 cm³/mol. The number of aliphatic hydroxyl groups is 1. The standard InChI is InChI=1S/C50H38Cl2N10O7S3/c51-35-7-3-1-5-31(35)42-16-37-45(70-42)47(64)61(49(66)58-37)40-20-53-18-25-9-10-26(13-33(25)40)57-29-22-60(23-29)72(68,69)24-39-30-12-11-27(56-28-15-44(63)55-19-28)14-34(30)41(21-54-39)62-48(65)46-38(59-50(62)67)17-43(71-46)32-6-2-4-8-36(32)52/h1-14,16-18,20-21,28-29,44,55-57,63H,15,19,22-24H2,(H,58,66)(H,59,67)/t28-,44?/m1/s1. The number of anilines is 2. The number of thiophene rings is 2. The third-order valence-electron chi connectivity index (χ3n) is 13.0. The number of hydrogen-bond donors (Lipinski definition) is 6. The Morgan fingerprint density at radius 3 is 1.85 bits per heavy atom. The molecule has 12 rings (SSSR count). The molecule has 72 heavy (non-hydrogen) atoms. The molecule has 0 radical (unpaired) electrons. The van der Waals surface area contributed by atoms with Gasteiger partial charge in [0.1, 0.15) is 21.4 Å². The van der Waals surface area contributed by atoms with Crippen LogP contribution in [0.15, 0.2) is 135 Å². The van der Waals surface area contributed by atoms with Crippen molar-refractivity contribution >= 4 is 109 Å². The molecule has 362 valence electrons. The normalized spacial score (nSPS) is 16.5. The molecule has 8 heterocycles. The number of sulfonamides is 1. The molecule has 6 aromatic heterocycles. The van der Waals surface area contributed by atoms with Crippen molar-refractivity contribution in [2.45, 2.75) is 30.5 Å². The summed E-state index contributed by atoms with van der Waals surface area (Å²) in [5.74, 6) is -0.470. The lowest BCUT2D eigenvalue weighted by Crippen LogP contribution is -2.57. The van der Waals surface area contributed by atoms with E-state index in [1.165, 1.54) is 39.4 Å². The van der Waals surface area contributed by atoms with Crippen LogP contribution in [0.25, 0.3) is 74.2 Å². The molecule has 0 bridgehead atoms. The molecular weight excluding hydrogens is 1020 g/mol. The highest BCUT2D eigenvalue weighted by molar-refractivity contribution is 7.88. The number of benzene rings is 4. The second-order valence-corrected chi connectivity index (χ2v) is 22.6. The van der Waals surface area contributed by atoms with Gasteiger partial charge in [-0.2, -0.15) is 4.31 Å². The fraction of sp³-hybridized carbons (Fsp3) is 0.160. The van der Waals surface area contributed by atoms with E-state index in [0.717, 1.165) is 19.6 Å². The molecule has 17 nitrogen and oxygen atoms in total. The molecule has 6 N–H and O–H groups in total. The number of halogens is 2. The van der Waals surface area contributed by atoms with Crippen LogP contribution in [0.5, 0.6) is 0 Å². The quantitative estimate of drug-likeness (QED) is 0.0753. The Morgan fingerprint density at radius 1 is 0.681 bits per heavy atom. The van der Waals surface area contributed by atoms with Crippen LogP contribution in [-0.4, -0.2) is 84.8 Å². The second-order valence-electron chi connectivity index (χ2n) is 17.7. The maximum atomic E-state index is 14.3. The molecule has 2 saturated heterocycles. The molecule has 0 amide bonds. The van der Waals surface area contributed by atoms with Gasteiger partial charge in [-0.3, -0.25) is 24.9 Å². The van der Waals surface area contributed by atoms with Gasteiger partial charge in [0.2, 0.25) is 10.0 Å². The number of fused-ring (bicyclic) bond motifs is 4. The number of aliphatic hydroxyl groups excluding tert-OH is 1. The Bertz CT molecular complexity index is 4240. The van der Waals surface area contributed by atoms with Crippen molar-refractivity contribution in [1.82, 2.24) is 38.7 Å². The van der Waals surface area contributed by atoms with Crippen molar-refractivity contribution in [2.24, 2.45) is 0 Å². The zero-order chi connectivity index (χ0) is 49.6. The first kappa shape index (κ1) is 46.1. The number of H-pyrrole nitrogens is 2. The first-order chi connectivity index (χ1) is 34.8. The molecule has 4 aromatic carbocycles. The summed E-state index contributed by atoms with van der Waals surface area (Å²) in [6.45, 7) is 0.776. The van der Waals surface area contributed by atoms with Crippen LogP contribution in [-0.2, 0) is 15.8 Å². The Balaban J connectivity index is 0.820. The van der Waals surface area contributed by atoms with Gasteiger partial charge in [-0.1, -0.05) is 71.7 Å². The van der Waals surface area contributed by atoms with Crippen LogP contribution in [0.2, 0.25) is 10.0 Å². The highest BCUT2D eigenvalue weighted by Crippen LogP contribution is 2.37. The third kappa shape index (κ3) is 8.18. The summed E-state index contributed by atoms with van der Waals surface area (Å²) >= 11 is 15.4. The third-order valence-corrected chi connectivity index (χ3v) is 17.7. The van der Waals surface area contributed by atoms with Crippen LogP contribution in [0.1, 0.15) is 12.1 Å². The van der Waals surface area contributed by atoms with E-state index < -0.39 is 44.5 Å². The van der Waals surface area contributed by atoms with Gasteiger partial charge in [0.25, 0.3) is 11.1 Å². The number of aromatic nitrogens is 6. The van der Waals surface area contributed by atoms with Gasteiger partial charge in [-0.05, 0) is 48.5 Å². The molecule has 0 saturated carbocycles. The van der Waals surface area contributed by atoms with Crippen molar-refractivity contribution in [3.8, 4) is 32.3 Å². The van der Waals surface area contributed by atoms with E-state index in [0.29, 0.717) is 82.1 Å². The van der Waals surface area contributed by atoms with E-state index in [4.69, 9.17) is 23.2 Å². The first-order valence-electron chi connectivity index (χ1n) is 22.6. The van der Waals surface area contributed by atoms with Crippen molar-refractivity contribution in [3.63, 3.8) is 0 Å². The Hall–Kier alpha value is -7.01. The lowest BCUT2D eigenvalue weighted by molar-refractivity contribution is 0.160. The van der Waals surface area contributed by atoms with Gasteiger partial charge in [-0.25, -0.2) is 27.1 Å². The van der Waals surface area contributed by atoms with Gasteiger partial charge in [0, 0.05) is 102 Å². The summed E-state index contributed by atoms with van der Waals surface area (Å²) in [6.07, 6.45) is 4.22. The lowest BCUT2D eigenvalue weighted by atomic mass is 10.1. The summed E-state index contributed by atoms with van der Waals surface area (Å²) in [5.41, 5.74) is 1.71. The van der Waals surface area contributed by atoms with Crippen molar-refractivity contribution in [3.05, 3.63) is 173 Å². The summed E-state index contributed by atoms with van der Waals surface area (Å²) in [4.78, 5) is 71.8. The van der Waals surface area contributed by atoms with Crippen molar-refractivity contribution in [2.75, 3.05) is 30.3 Å². The van der Waals surface area contributed by atoms with Crippen LogP contribution in [0.3, 0.4) is 0 Å². The number of hydrogen-bond acceptors (Lipinski definition) is 14. The molecule has 22 heteroatoms. The minimum Gasteiger partial charge on any atom is -0.381 e. The molecule has 2 fully saturated rings. The molecule has 2 atom stereocenters. The van der Waals surface area contributed by atoms with E-state index in [-0.39, 0.29) is 46.9 Å². The minimum atomic E-state index is -3.96. The smallest absolute Gasteiger partial charge is 0.333 e. The summed E-state index contributed by atoms with van der Waals surface area (Å²) < 4.78 is 32.4. The van der Waals surface area contributed by atoms with Gasteiger partial charge in [0.15, 0.2) is 0 Å². The second kappa shape index (κ2) is 17.9. The van der Waals surface area contributed by atoms with Crippen molar-refractivity contribution in [1.29, 1.82) is 0 Å².